The normalized spacial score (nSPS) is 16.4. The Morgan fingerprint density at radius 1 is 1.12 bits per heavy atom. The zero-order valence-electron chi connectivity index (χ0n) is 14.6. The van der Waals surface area contributed by atoms with Gasteiger partial charge in [-0.1, -0.05) is 6.07 Å². The van der Waals surface area contributed by atoms with E-state index in [1.165, 1.54) is 0 Å². The minimum Gasteiger partial charge on any atom is -0.383 e. The molecule has 0 radical (unpaired) electrons. The van der Waals surface area contributed by atoms with Gasteiger partial charge in [0.25, 0.3) is 0 Å². The molecular weight excluding hydrogens is 346 g/mol. The van der Waals surface area contributed by atoms with Gasteiger partial charge in [-0.25, -0.2) is 15.0 Å². The van der Waals surface area contributed by atoms with Crippen LogP contribution in [0.25, 0.3) is 10.4 Å². The summed E-state index contributed by atoms with van der Waals surface area (Å²) in [5.41, 5.74) is 2.33. The van der Waals surface area contributed by atoms with E-state index < -0.39 is 5.60 Å². The van der Waals surface area contributed by atoms with Crippen molar-refractivity contribution in [2.45, 2.75) is 25.4 Å². The lowest BCUT2D eigenvalue weighted by Crippen LogP contribution is -2.39. The van der Waals surface area contributed by atoms with Crippen LogP contribution in [0.5, 0.6) is 0 Å². The monoisotopic (exact) mass is 367 g/mol. The number of nitrogens with one attached hydrogen (secondary N) is 2. The Bertz CT molecular complexity index is 890. The van der Waals surface area contributed by atoms with Crippen molar-refractivity contribution in [3.8, 4) is 10.4 Å². The number of aryl methyl sites for hydroxylation is 1. The fourth-order valence-electron chi connectivity index (χ4n) is 3.17. The summed E-state index contributed by atoms with van der Waals surface area (Å²) < 4.78 is 0. The molecule has 4 rings (SSSR count). The van der Waals surface area contributed by atoms with Crippen LogP contribution in [0.1, 0.15) is 23.4 Å². The third-order valence-electron chi connectivity index (χ3n) is 4.52. The number of benzene rings is 1. The van der Waals surface area contributed by atoms with Gasteiger partial charge in [-0.05, 0) is 62.2 Å². The van der Waals surface area contributed by atoms with E-state index in [1.54, 1.807) is 29.8 Å². The van der Waals surface area contributed by atoms with Gasteiger partial charge in [0, 0.05) is 24.3 Å². The zero-order valence-corrected chi connectivity index (χ0v) is 15.4. The van der Waals surface area contributed by atoms with Crippen LogP contribution in [0.3, 0.4) is 0 Å². The highest BCUT2D eigenvalue weighted by molar-refractivity contribution is 7.15. The molecule has 1 fully saturated rings. The molecule has 134 valence electrons. The third-order valence-corrected chi connectivity index (χ3v) is 5.76. The van der Waals surface area contributed by atoms with Crippen molar-refractivity contribution in [2.24, 2.45) is 0 Å². The van der Waals surface area contributed by atoms with E-state index in [9.17, 15) is 5.11 Å². The minimum atomic E-state index is -0.809. The largest absolute Gasteiger partial charge is 0.383 e. The van der Waals surface area contributed by atoms with E-state index in [-0.39, 0.29) is 0 Å². The topological polar surface area (TPSA) is 83.0 Å². The fraction of sp³-hybridized carbons (Fsp3) is 0.316. The maximum absolute atomic E-state index is 10.9. The molecule has 0 amide bonds. The molecule has 0 atom stereocenters. The molecule has 1 aromatic carbocycles. The summed E-state index contributed by atoms with van der Waals surface area (Å²) >= 11 is 1.57. The summed E-state index contributed by atoms with van der Waals surface area (Å²) in [6, 6.07) is 8.03. The number of anilines is 2. The molecule has 0 bridgehead atoms. The van der Waals surface area contributed by atoms with E-state index in [4.69, 9.17) is 0 Å². The van der Waals surface area contributed by atoms with Crippen LogP contribution in [-0.4, -0.2) is 33.1 Å². The van der Waals surface area contributed by atoms with Crippen LogP contribution in [0.15, 0.2) is 42.9 Å². The summed E-state index contributed by atoms with van der Waals surface area (Å²) in [5, 5.41) is 18.2. The molecule has 26 heavy (non-hydrogen) atoms. The van der Waals surface area contributed by atoms with E-state index in [0.717, 1.165) is 39.8 Å². The van der Waals surface area contributed by atoms with Gasteiger partial charge in [-0.3, -0.25) is 0 Å². The Hall–Kier alpha value is -2.35. The van der Waals surface area contributed by atoms with Gasteiger partial charge in [-0.2, -0.15) is 0 Å². The van der Waals surface area contributed by atoms with Crippen LogP contribution in [0.4, 0.5) is 11.6 Å². The van der Waals surface area contributed by atoms with Crippen molar-refractivity contribution in [3.63, 3.8) is 0 Å². The SMILES string of the molecule is Cc1cc(Nc2ncccn2)cc(-c2cnc(C3(O)CCNCC3)s2)c1. The van der Waals surface area contributed by atoms with Gasteiger partial charge in [-0.15, -0.1) is 11.3 Å². The lowest BCUT2D eigenvalue weighted by molar-refractivity contribution is 0.00575. The second kappa shape index (κ2) is 7.11. The first-order chi connectivity index (χ1) is 12.6. The maximum atomic E-state index is 10.9. The third kappa shape index (κ3) is 3.60. The van der Waals surface area contributed by atoms with Gasteiger partial charge >= 0.3 is 0 Å². The number of aliphatic hydroxyl groups is 1. The molecular formula is C19H21N5OS. The summed E-state index contributed by atoms with van der Waals surface area (Å²) in [4.78, 5) is 14.0. The number of piperidine rings is 1. The van der Waals surface area contributed by atoms with E-state index >= 15 is 0 Å². The van der Waals surface area contributed by atoms with Crippen molar-refractivity contribution in [2.75, 3.05) is 18.4 Å². The second-order valence-electron chi connectivity index (χ2n) is 6.60. The molecule has 7 heteroatoms. The first-order valence-electron chi connectivity index (χ1n) is 8.68. The molecule has 2 aromatic heterocycles. The van der Waals surface area contributed by atoms with Crippen LogP contribution in [-0.2, 0) is 5.60 Å². The summed E-state index contributed by atoms with van der Waals surface area (Å²) in [6.45, 7) is 3.70. The first-order valence-corrected chi connectivity index (χ1v) is 9.50. The maximum Gasteiger partial charge on any atom is 0.227 e. The second-order valence-corrected chi connectivity index (χ2v) is 7.63. The smallest absolute Gasteiger partial charge is 0.227 e. The fourth-order valence-corrected chi connectivity index (χ4v) is 4.22. The number of hydrogen-bond donors (Lipinski definition) is 3. The van der Waals surface area contributed by atoms with Crippen molar-refractivity contribution in [1.29, 1.82) is 0 Å². The van der Waals surface area contributed by atoms with Crippen LogP contribution < -0.4 is 10.6 Å². The number of nitrogens with zero attached hydrogens (tertiary/aromatic N) is 3. The number of hydrogen-bond acceptors (Lipinski definition) is 7. The quantitative estimate of drug-likeness (QED) is 0.657. The molecule has 6 nitrogen and oxygen atoms in total. The number of rotatable bonds is 4. The van der Waals surface area contributed by atoms with Crippen molar-refractivity contribution in [3.05, 3.63) is 53.4 Å². The minimum absolute atomic E-state index is 0.568. The predicted octanol–water partition coefficient (Wildman–Crippen LogP) is 3.22. The summed E-state index contributed by atoms with van der Waals surface area (Å²) in [5.74, 6) is 0.568. The van der Waals surface area contributed by atoms with Crippen LogP contribution in [0.2, 0.25) is 0 Å². The van der Waals surface area contributed by atoms with E-state index in [1.807, 2.05) is 6.20 Å². The van der Waals surface area contributed by atoms with E-state index in [0.29, 0.717) is 18.8 Å². The Kier molecular flexibility index (Phi) is 4.67. The molecule has 3 N–H and O–H groups in total. The lowest BCUT2D eigenvalue weighted by Gasteiger charge is -2.30. The molecule has 3 aromatic rings. The average molecular weight is 367 g/mol. The first kappa shape index (κ1) is 17.1. The lowest BCUT2D eigenvalue weighted by atomic mass is 9.93. The molecule has 0 unspecified atom stereocenters. The predicted molar refractivity (Wildman–Crippen MR) is 104 cm³/mol. The standard InChI is InChI=1S/C19H21N5OS/c1-13-9-14(11-15(10-13)24-18-21-5-2-6-22-18)16-12-23-17(26-16)19(25)3-7-20-8-4-19/h2,5-6,9-12,20,25H,3-4,7-8H2,1H3,(H,21,22,24). The van der Waals surface area contributed by atoms with Crippen molar-refractivity contribution < 1.29 is 5.11 Å². The van der Waals surface area contributed by atoms with E-state index in [2.05, 4.69) is 50.7 Å². The molecule has 0 spiro atoms. The van der Waals surface area contributed by atoms with Gasteiger partial charge in [0.15, 0.2) is 0 Å². The van der Waals surface area contributed by atoms with Crippen molar-refractivity contribution >= 4 is 23.0 Å². The summed E-state index contributed by atoms with van der Waals surface area (Å²) in [7, 11) is 0. The Morgan fingerprint density at radius 2 is 1.88 bits per heavy atom. The van der Waals surface area contributed by atoms with Gasteiger partial charge in [0.1, 0.15) is 10.6 Å². The Balaban J connectivity index is 1.62. The van der Waals surface area contributed by atoms with Gasteiger partial charge in [0.2, 0.25) is 5.95 Å². The highest BCUT2D eigenvalue weighted by Crippen LogP contribution is 2.37. The van der Waals surface area contributed by atoms with Gasteiger partial charge in [0.05, 0.1) is 4.88 Å². The molecule has 3 heterocycles. The van der Waals surface area contributed by atoms with Gasteiger partial charge < -0.3 is 15.7 Å². The molecule has 1 aliphatic rings. The molecule has 0 aliphatic carbocycles. The highest BCUT2D eigenvalue weighted by atomic mass is 32.1. The van der Waals surface area contributed by atoms with Crippen LogP contribution in [0, 0.1) is 6.92 Å². The molecule has 0 saturated carbocycles. The number of thiazole rings is 1. The highest BCUT2D eigenvalue weighted by Gasteiger charge is 2.34. The average Bonchev–Trinajstić information content (AvgIpc) is 3.14. The molecule has 1 aliphatic heterocycles. The molecule has 1 saturated heterocycles. The summed E-state index contributed by atoms with van der Waals surface area (Å²) in [6.07, 6.45) is 6.68. The van der Waals surface area contributed by atoms with Crippen LogP contribution >= 0.6 is 11.3 Å². The number of aromatic nitrogens is 3. The zero-order chi connectivity index (χ0) is 18.0. The van der Waals surface area contributed by atoms with Crippen molar-refractivity contribution in [1.82, 2.24) is 20.3 Å². The Morgan fingerprint density at radius 3 is 2.65 bits per heavy atom. The Labute approximate surface area is 156 Å².